The van der Waals surface area contributed by atoms with Gasteiger partial charge in [-0.2, -0.15) is 5.26 Å². The summed E-state index contributed by atoms with van der Waals surface area (Å²) >= 11 is 0. The summed E-state index contributed by atoms with van der Waals surface area (Å²) in [6.07, 6.45) is 21.8. The monoisotopic (exact) mass is 431 g/mol. The lowest BCUT2D eigenvalue weighted by Gasteiger charge is -2.44. The highest BCUT2D eigenvalue weighted by Gasteiger charge is 2.34. The molecule has 1 aromatic rings. The zero-order chi connectivity index (χ0) is 22.3. The fourth-order valence-corrected chi connectivity index (χ4v) is 5.49. The number of rotatable bonds is 7. The molecule has 3 aliphatic rings. The van der Waals surface area contributed by atoms with Crippen molar-refractivity contribution in [2.75, 3.05) is 24.5 Å². The van der Waals surface area contributed by atoms with Crippen LogP contribution >= 0.6 is 0 Å². The van der Waals surface area contributed by atoms with Gasteiger partial charge in [-0.15, -0.1) is 0 Å². The molecule has 1 aliphatic heterocycles. The van der Waals surface area contributed by atoms with Gasteiger partial charge in [0.15, 0.2) is 0 Å². The van der Waals surface area contributed by atoms with Crippen LogP contribution in [0.2, 0.25) is 0 Å². The smallest absolute Gasteiger partial charge is 0.234 e. The van der Waals surface area contributed by atoms with Crippen molar-refractivity contribution >= 4 is 5.82 Å². The van der Waals surface area contributed by atoms with E-state index in [1.165, 1.54) is 48.8 Å². The van der Waals surface area contributed by atoms with Crippen molar-refractivity contribution in [1.29, 1.82) is 5.26 Å². The second-order valence-corrected chi connectivity index (χ2v) is 9.38. The highest BCUT2D eigenvalue weighted by atomic mass is 15.3. The summed E-state index contributed by atoms with van der Waals surface area (Å²) in [6.45, 7) is 7.72. The van der Waals surface area contributed by atoms with Gasteiger partial charge in [-0.1, -0.05) is 63.0 Å². The Bertz CT molecular complexity index is 912. The van der Waals surface area contributed by atoms with Gasteiger partial charge in [-0.25, -0.2) is 9.97 Å². The Morgan fingerprint density at radius 2 is 1.94 bits per heavy atom. The molecule has 5 nitrogen and oxygen atoms in total. The van der Waals surface area contributed by atoms with E-state index in [2.05, 4.69) is 59.0 Å². The Kier molecular flexibility index (Phi) is 7.76. The SMILES string of the molecule is CCN(CC)CC1=CC=C(CC2CCc3cnc(C#N)nc3N2C2CCCCC2)C=CC1. The molecule has 1 fully saturated rings. The van der Waals surface area contributed by atoms with Gasteiger partial charge in [0.05, 0.1) is 0 Å². The van der Waals surface area contributed by atoms with Crippen LogP contribution in [0, 0.1) is 11.3 Å². The van der Waals surface area contributed by atoms with Gasteiger partial charge >= 0.3 is 0 Å². The lowest BCUT2D eigenvalue weighted by atomic mass is 9.87. The molecule has 0 saturated heterocycles. The molecule has 1 aromatic heterocycles. The second kappa shape index (κ2) is 10.9. The van der Waals surface area contributed by atoms with Crippen LogP contribution in [0.15, 0.2) is 41.6 Å². The van der Waals surface area contributed by atoms with Gasteiger partial charge in [0, 0.05) is 30.4 Å². The zero-order valence-corrected chi connectivity index (χ0v) is 19.8. The number of fused-ring (bicyclic) bond motifs is 1. The second-order valence-electron chi connectivity index (χ2n) is 9.38. The van der Waals surface area contributed by atoms with Crippen LogP contribution in [0.25, 0.3) is 0 Å². The number of nitriles is 1. The summed E-state index contributed by atoms with van der Waals surface area (Å²) in [7, 11) is 0. The fourth-order valence-electron chi connectivity index (χ4n) is 5.49. The summed E-state index contributed by atoms with van der Waals surface area (Å²) < 4.78 is 0. The first kappa shape index (κ1) is 22.7. The maximum absolute atomic E-state index is 9.40. The number of allylic oxidation sites excluding steroid dienone is 4. The summed E-state index contributed by atoms with van der Waals surface area (Å²) in [5.74, 6) is 1.32. The molecular formula is C27H37N5. The zero-order valence-electron chi connectivity index (χ0n) is 19.8. The Balaban J connectivity index is 1.57. The number of aromatic nitrogens is 2. The van der Waals surface area contributed by atoms with Gasteiger partial charge in [-0.05, 0) is 57.2 Å². The van der Waals surface area contributed by atoms with Crippen LogP contribution in [-0.2, 0) is 6.42 Å². The molecule has 0 spiro atoms. The van der Waals surface area contributed by atoms with E-state index in [9.17, 15) is 5.26 Å². The maximum atomic E-state index is 9.40. The molecule has 0 radical (unpaired) electrons. The Morgan fingerprint density at radius 3 is 2.69 bits per heavy atom. The molecule has 5 heteroatoms. The lowest BCUT2D eigenvalue weighted by molar-refractivity contribution is 0.328. The minimum absolute atomic E-state index is 0.294. The van der Waals surface area contributed by atoms with Crippen LogP contribution in [0.4, 0.5) is 5.82 Å². The van der Waals surface area contributed by atoms with Crippen LogP contribution in [0.1, 0.15) is 76.6 Å². The predicted octanol–water partition coefficient (Wildman–Crippen LogP) is 5.35. The van der Waals surface area contributed by atoms with Crippen molar-refractivity contribution in [1.82, 2.24) is 14.9 Å². The third-order valence-corrected chi connectivity index (χ3v) is 7.33. The van der Waals surface area contributed by atoms with Crippen molar-refractivity contribution in [3.05, 3.63) is 53.0 Å². The molecular weight excluding hydrogens is 394 g/mol. The molecule has 0 aromatic carbocycles. The quantitative estimate of drug-likeness (QED) is 0.583. The van der Waals surface area contributed by atoms with Crippen molar-refractivity contribution in [2.45, 2.75) is 83.7 Å². The number of likely N-dealkylation sites (N-methyl/N-ethyl adjacent to an activating group) is 1. The first-order valence-corrected chi connectivity index (χ1v) is 12.5. The summed E-state index contributed by atoms with van der Waals surface area (Å²) in [5.41, 5.74) is 4.10. The minimum atomic E-state index is 0.294. The summed E-state index contributed by atoms with van der Waals surface area (Å²) in [5, 5.41) is 9.40. The summed E-state index contributed by atoms with van der Waals surface area (Å²) in [6, 6.07) is 3.11. The molecule has 32 heavy (non-hydrogen) atoms. The normalized spacial score (nSPS) is 21.6. The highest BCUT2D eigenvalue weighted by molar-refractivity contribution is 5.52. The average Bonchev–Trinajstić information content (AvgIpc) is 3.07. The van der Waals surface area contributed by atoms with E-state index >= 15 is 0 Å². The largest absolute Gasteiger partial charge is 0.350 e. The number of hydrogen-bond acceptors (Lipinski definition) is 5. The minimum Gasteiger partial charge on any atom is -0.350 e. The number of anilines is 1. The first-order chi connectivity index (χ1) is 15.7. The molecule has 1 atom stereocenters. The van der Waals surface area contributed by atoms with Gasteiger partial charge in [0.2, 0.25) is 5.82 Å². The van der Waals surface area contributed by atoms with E-state index in [0.717, 1.165) is 51.1 Å². The van der Waals surface area contributed by atoms with Crippen molar-refractivity contribution in [2.24, 2.45) is 0 Å². The van der Waals surface area contributed by atoms with Gasteiger partial charge in [-0.3, -0.25) is 4.90 Å². The number of nitrogens with zero attached hydrogens (tertiary/aromatic N) is 5. The van der Waals surface area contributed by atoms with Crippen LogP contribution in [-0.4, -0.2) is 46.6 Å². The molecule has 4 rings (SSSR count). The number of aryl methyl sites for hydroxylation is 1. The maximum Gasteiger partial charge on any atom is 0.234 e. The Hall–Kier alpha value is -2.45. The van der Waals surface area contributed by atoms with Crippen molar-refractivity contribution in [3.63, 3.8) is 0 Å². The lowest BCUT2D eigenvalue weighted by Crippen LogP contribution is -2.48. The van der Waals surface area contributed by atoms with Gasteiger partial charge in [0.25, 0.3) is 0 Å². The van der Waals surface area contributed by atoms with Crippen LogP contribution in [0.3, 0.4) is 0 Å². The standard InChI is InChI=1S/C27H37N5/c1-3-31(4-2)20-22-10-8-9-21(13-14-22)17-25-16-15-23-19-29-26(18-28)30-27(23)32(25)24-11-6-5-7-12-24/h8-9,13-14,19,24-25H,3-7,10-12,15-17,20H2,1-2H3. The molecule has 0 bridgehead atoms. The highest BCUT2D eigenvalue weighted by Crippen LogP contribution is 2.37. The molecule has 1 saturated carbocycles. The third-order valence-electron chi connectivity index (χ3n) is 7.33. The van der Waals surface area contributed by atoms with E-state index in [1.54, 1.807) is 0 Å². The molecule has 2 aliphatic carbocycles. The third kappa shape index (κ3) is 5.30. The first-order valence-electron chi connectivity index (χ1n) is 12.5. The fraction of sp³-hybridized carbons (Fsp3) is 0.593. The van der Waals surface area contributed by atoms with E-state index in [4.69, 9.17) is 4.98 Å². The van der Waals surface area contributed by atoms with E-state index in [1.807, 2.05) is 6.20 Å². The van der Waals surface area contributed by atoms with Crippen molar-refractivity contribution < 1.29 is 0 Å². The predicted molar refractivity (Wildman–Crippen MR) is 131 cm³/mol. The molecule has 1 unspecified atom stereocenters. The molecule has 0 N–H and O–H groups in total. The van der Waals surface area contributed by atoms with E-state index in [-0.39, 0.29) is 0 Å². The van der Waals surface area contributed by atoms with Crippen LogP contribution < -0.4 is 4.90 Å². The Labute approximate surface area is 193 Å². The van der Waals surface area contributed by atoms with Gasteiger partial charge in [0.1, 0.15) is 11.9 Å². The molecule has 170 valence electrons. The molecule has 2 heterocycles. The van der Waals surface area contributed by atoms with E-state index < -0.39 is 0 Å². The Morgan fingerprint density at radius 1 is 1.12 bits per heavy atom. The van der Waals surface area contributed by atoms with E-state index in [0.29, 0.717) is 17.9 Å². The van der Waals surface area contributed by atoms with Crippen LogP contribution in [0.5, 0.6) is 0 Å². The topological polar surface area (TPSA) is 56.1 Å². The molecule has 0 amide bonds. The average molecular weight is 432 g/mol. The number of hydrogen-bond donors (Lipinski definition) is 0. The van der Waals surface area contributed by atoms with Crippen molar-refractivity contribution in [3.8, 4) is 6.07 Å². The van der Waals surface area contributed by atoms with Gasteiger partial charge < -0.3 is 4.90 Å². The summed E-state index contributed by atoms with van der Waals surface area (Å²) in [4.78, 5) is 14.0.